The number of nitrogens with zero attached hydrogens (tertiary/aromatic N) is 3. The maximum absolute atomic E-state index is 5.99. The lowest BCUT2D eigenvalue weighted by Gasteiger charge is -2.34. The molecule has 176 valence electrons. The van der Waals surface area contributed by atoms with Crippen LogP contribution in [0.1, 0.15) is 43.7 Å². The van der Waals surface area contributed by atoms with Crippen molar-refractivity contribution in [2.75, 3.05) is 59.6 Å². The second-order valence-electron chi connectivity index (χ2n) is 8.29. The molecule has 0 atom stereocenters. The van der Waals surface area contributed by atoms with Gasteiger partial charge in [0.05, 0.1) is 6.10 Å². The highest BCUT2D eigenvalue weighted by Crippen LogP contribution is 2.18. The van der Waals surface area contributed by atoms with Gasteiger partial charge in [-0.05, 0) is 50.2 Å². The highest BCUT2D eigenvalue weighted by Gasteiger charge is 2.22. The number of likely N-dealkylation sites (tertiary alicyclic amines) is 1. The molecule has 1 saturated heterocycles. The molecule has 1 N–H and O–H groups in total. The van der Waals surface area contributed by atoms with Gasteiger partial charge in [0.25, 0.3) is 0 Å². The maximum Gasteiger partial charge on any atom is 0.193 e. The zero-order valence-electron chi connectivity index (χ0n) is 19.4. The Morgan fingerprint density at radius 3 is 2.61 bits per heavy atom. The first-order valence-electron chi connectivity index (χ1n) is 11.7. The number of nitrogens with one attached hydrogen (secondary N) is 1. The van der Waals surface area contributed by atoms with Crippen LogP contribution in [0.3, 0.4) is 0 Å². The fourth-order valence-corrected chi connectivity index (χ4v) is 4.34. The Kier molecular flexibility index (Phi) is 12.8. The average molecular weight is 545 g/mol. The van der Waals surface area contributed by atoms with Gasteiger partial charge in [-0.1, -0.05) is 24.3 Å². The van der Waals surface area contributed by atoms with Crippen molar-refractivity contribution in [1.82, 2.24) is 15.1 Å². The summed E-state index contributed by atoms with van der Waals surface area (Å²) in [5.74, 6) is 1.07. The Bertz CT molecular complexity index is 650. The number of rotatable bonds is 10. The zero-order valence-corrected chi connectivity index (χ0v) is 21.7. The monoisotopic (exact) mass is 544 g/mol. The van der Waals surface area contributed by atoms with E-state index in [1.807, 2.05) is 0 Å². The number of piperidine rings is 1. The summed E-state index contributed by atoms with van der Waals surface area (Å²) < 4.78 is 11.1. The molecule has 0 saturated carbocycles. The third-order valence-corrected chi connectivity index (χ3v) is 6.03. The summed E-state index contributed by atoms with van der Waals surface area (Å²) in [4.78, 5) is 9.89. The number of fused-ring (bicyclic) bond motifs is 1. The lowest BCUT2D eigenvalue weighted by atomic mass is 10.00. The Morgan fingerprint density at radius 1 is 1.10 bits per heavy atom. The second kappa shape index (κ2) is 15.0. The van der Waals surface area contributed by atoms with Crippen LogP contribution in [0.5, 0.6) is 0 Å². The van der Waals surface area contributed by atoms with Crippen LogP contribution in [0.4, 0.5) is 0 Å². The van der Waals surface area contributed by atoms with E-state index in [0.29, 0.717) is 6.10 Å². The predicted molar refractivity (Wildman–Crippen MR) is 138 cm³/mol. The molecule has 2 heterocycles. The van der Waals surface area contributed by atoms with Gasteiger partial charge in [0.2, 0.25) is 0 Å². The van der Waals surface area contributed by atoms with Crippen molar-refractivity contribution in [2.24, 2.45) is 4.99 Å². The number of halogens is 1. The maximum atomic E-state index is 5.99. The lowest BCUT2D eigenvalue weighted by molar-refractivity contribution is 0.00990. The number of hydrogen-bond acceptors (Lipinski definition) is 4. The van der Waals surface area contributed by atoms with Crippen LogP contribution in [-0.2, 0) is 22.4 Å². The molecule has 2 aliphatic heterocycles. The number of methoxy groups -OCH3 is 1. The summed E-state index contributed by atoms with van der Waals surface area (Å²) in [5.41, 5.74) is 3.01. The molecule has 0 radical (unpaired) electrons. The van der Waals surface area contributed by atoms with Crippen LogP contribution in [0, 0.1) is 0 Å². The molecule has 0 spiro atoms. The van der Waals surface area contributed by atoms with Crippen molar-refractivity contribution in [3.63, 3.8) is 0 Å². The van der Waals surface area contributed by atoms with Crippen molar-refractivity contribution >= 4 is 29.9 Å². The number of aliphatic imine (C=N–C) groups is 1. The molecule has 0 amide bonds. The van der Waals surface area contributed by atoms with Crippen LogP contribution in [-0.4, -0.2) is 81.5 Å². The summed E-state index contributed by atoms with van der Waals surface area (Å²) in [5, 5.41) is 3.48. The molecule has 0 aliphatic carbocycles. The molecule has 2 aliphatic rings. The predicted octanol–water partition coefficient (Wildman–Crippen LogP) is 3.54. The normalized spacial score (nSPS) is 17.9. The zero-order chi connectivity index (χ0) is 21.0. The smallest absolute Gasteiger partial charge is 0.193 e. The number of benzene rings is 1. The van der Waals surface area contributed by atoms with Crippen molar-refractivity contribution in [1.29, 1.82) is 0 Å². The fraction of sp³-hybridized carbons (Fsp3) is 0.708. The van der Waals surface area contributed by atoms with Crippen molar-refractivity contribution in [3.8, 4) is 0 Å². The third-order valence-electron chi connectivity index (χ3n) is 6.03. The first-order chi connectivity index (χ1) is 14.8. The fourth-order valence-electron chi connectivity index (χ4n) is 4.34. The molecule has 31 heavy (non-hydrogen) atoms. The summed E-state index contributed by atoms with van der Waals surface area (Å²) in [6, 6.07) is 8.85. The Labute approximate surface area is 205 Å². The van der Waals surface area contributed by atoms with Crippen LogP contribution < -0.4 is 5.32 Å². The van der Waals surface area contributed by atoms with Crippen molar-refractivity contribution in [3.05, 3.63) is 35.4 Å². The van der Waals surface area contributed by atoms with Gasteiger partial charge in [0.15, 0.2) is 5.96 Å². The van der Waals surface area contributed by atoms with Gasteiger partial charge in [-0.25, -0.2) is 0 Å². The van der Waals surface area contributed by atoms with Gasteiger partial charge in [-0.2, -0.15) is 0 Å². The van der Waals surface area contributed by atoms with E-state index in [-0.39, 0.29) is 24.0 Å². The number of hydrogen-bond donors (Lipinski definition) is 1. The van der Waals surface area contributed by atoms with E-state index in [9.17, 15) is 0 Å². The molecular formula is C24H41IN4O2. The van der Waals surface area contributed by atoms with E-state index in [1.54, 1.807) is 7.11 Å². The summed E-state index contributed by atoms with van der Waals surface area (Å²) in [7, 11) is 1.74. The van der Waals surface area contributed by atoms with Crippen LogP contribution in [0.25, 0.3) is 0 Å². The quantitative estimate of drug-likeness (QED) is 0.212. The standard InChI is InChI=1S/C24H40N4O2.HI/c1-3-25-24(28-16-11-23(12-17-28)30-19-7-18-29-2)26-13-6-14-27-15-10-21-8-4-5-9-22(21)20-27;/h4-5,8-9,23H,3,6-7,10-20H2,1-2H3,(H,25,26);1H. The first-order valence-corrected chi connectivity index (χ1v) is 11.7. The van der Waals surface area contributed by atoms with Gasteiger partial charge >= 0.3 is 0 Å². The molecule has 1 aromatic rings. The molecule has 0 unspecified atom stereocenters. The van der Waals surface area contributed by atoms with Crippen molar-refractivity contribution in [2.45, 2.75) is 51.7 Å². The van der Waals surface area contributed by atoms with E-state index >= 15 is 0 Å². The van der Waals surface area contributed by atoms with Crippen molar-refractivity contribution < 1.29 is 9.47 Å². The number of ether oxygens (including phenoxy) is 2. The minimum Gasteiger partial charge on any atom is -0.385 e. The van der Waals surface area contributed by atoms with Gasteiger partial charge in [-0.3, -0.25) is 9.89 Å². The molecule has 3 rings (SSSR count). The minimum atomic E-state index is 0. The highest BCUT2D eigenvalue weighted by atomic mass is 127. The van der Waals surface area contributed by atoms with Gasteiger partial charge in [-0.15, -0.1) is 24.0 Å². The largest absolute Gasteiger partial charge is 0.385 e. The molecule has 6 nitrogen and oxygen atoms in total. The summed E-state index contributed by atoms with van der Waals surface area (Å²) >= 11 is 0. The highest BCUT2D eigenvalue weighted by molar-refractivity contribution is 14.0. The van der Waals surface area contributed by atoms with Crippen LogP contribution in [0.2, 0.25) is 0 Å². The molecule has 0 aromatic heterocycles. The Balaban J connectivity index is 0.00000341. The van der Waals surface area contributed by atoms with Gasteiger partial charge in [0.1, 0.15) is 0 Å². The molecule has 7 heteroatoms. The van der Waals surface area contributed by atoms with Crippen LogP contribution in [0.15, 0.2) is 29.3 Å². The van der Waals surface area contributed by atoms with E-state index in [0.717, 1.165) is 84.1 Å². The average Bonchev–Trinajstić information content (AvgIpc) is 2.79. The Hall–Kier alpha value is -0.900. The van der Waals surface area contributed by atoms with Gasteiger partial charge < -0.3 is 19.7 Å². The van der Waals surface area contributed by atoms with E-state index in [1.165, 1.54) is 24.1 Å². The summed E-state index contributed by atoms with van der Waals surface area (Å²) in [6.07, 6.45) is 5.78. The molecule has 0 bridgehead atoms. The lowest BCUT2D eigenvalue weighted by Crippen LogP contribution is -2.47. The van der Waals surface area contributed by atoms with E-state index in [2.05, 4.69) is 46.3 Å². The van der Waals surface area contributed by atoms with Gasteiger partial charge in [0, 0.05) is 66.1 Å². The molecular weight excluding hydrogens is 503 g/mol. The molecule has 1 aromatic carbocycles. The molecule has 1 fully saturated rings. The minimum absolute atomic E-state index is 0. The topological polar surface area (TPSA) is 49.3 Å². The first kappa shape index (κ1) is 26.4. The number of guanidine groups is 1. The SMILES string of the molecule is CCNC(=NCCCN1CCc2ccccc2C1)N1CCC(OCCCOC)CC1.I. The third kappa shape index (κ3) is 8.86. The second-order valence-corrected chi connectivity index (χ2v) is 8.29. The Morgan fingerprint density at radius 2 is 1.87 bits per heavy atom. The summed E-state index contributed by atoms with van der Waals surface area (Å²) in [6.45, 7) is 10.9. The van der Waals surface area contributed by atoms with E-state index in [4.69, 9.17) is 14.5 Å². The van der Waals surface area contributed by atoms with Crippen LogP contribution >= 0.6 is 24.0 Å². The van der Waals surface area contributed by atoms with E-state index < -0.39 is 0 Å².